The summed E-state index contributed by atoms with van der Waals surface area (Å²) in [4.78, 5) is 10.7. The summed E-state index contributed by atoms with van der Waals surface area (Å²) < 4.78 is 7.85. The highest BCUT2D eigenvalue weighted by molar-refractivity contribution is 9.14. The Bertz CT molecular complexity index is 312. The molecule has 1 atom stereocenters. The Hall–Kier alpha value is 0.350. The average Bonchev–Trinajstić information content (AvgIpc) is 2.09. The zero-order valence-corrected chi connectivity index (χ0v) is 12.1. The van der Waals surface area contributed by atoms with E-state index in [9.17, 15) is 4.79 Å². The molecule has 3 nitrogen and oxygen atoms in total. The van der Waals surface area contributed by atoms with Crippen LogP contribution >= 0.6 is 47.8 Å². The SMILES string of the molecule is CC(=O)COC1NC(Br)=C(Br)C=C1Br. The minimum absolute atomic E-state index is 0.00292. The molecule has 1 aliphatic heterocycles. The minimum Gasteiger partial charge on any atom is -0.349 e. The summed E-state index contributed by atoms with van der Waals surface area (Å²) in [6, 6.07) is 0. The monoisotopic (exact) mass is 387 g/mol. The van der Waals surface area contributed by atoms with Crippen LogP contribution in [0, 0.1) is 0 Å². The van der Waals surface area contributed by atoms with E-state index in [2.05, 4.69) is 53.1 Å². The van der Waals surface area contributed by atoms with Gasteiger partial charge in [-0.25, -0.2) is 0 Å². The van der Waals surface area contributed by atoms with Crippen molar-refractivity contribution in [1.82, 2.24) is 5.32 Å². The molecule has 0 aromatic rings. The predicted molar refractivity (Wildman–Crippen MR) is 65.4 cm³/mol. The third kappa shape index (κ3) is 3.49. The summed E-state index contributed by atoms with van der Waals surface area (Å²) in [5.74, 6) is -0.00292. The molecule has 1 unspecified atom stereocenters. The number of nitrogens with one attached hydrogen (secondary N) is 1. The molecule has 0 saturated heterocycles. The lowest BCUT2D eigenvalue weighted by Gasteiger charge is -2.23. The molecule has 0 fully saturated rings. The molecular formula is C8H8Br3NO2. The van der Waals surface area contributed by atoms with E-state index < -0.39 is 0 Å². The summed E-state index contributed by atoms with van der Waals surface area (Å²) >= 11 is 10.0. The maximum atomic E-state index is 10.7. The van der Waals surface area contributed by atoms with Gasteiger partial charge in [0.1, 0.15) is 6.61 Å². The van der Waals surface area contributed by atoms with Gasteiger partial charge in [0.25, 0.3) is 0 Å². The van der Waals surface area contributed by atoms with E-state index >= 15 is 0 Å². The van der Waals surface area contributed by atoms with Crippen molar-refractivity contribution < 1.29 is 9.53 Å². The normalized spacial score (nSPS) is 21.7. The Morgan fingerprint density at radius 3 is 2.79 bits per heavy atom. The molecular weight excluding hydrogens is 382 g/mol. The number of halogens is 3. The molecule has 0 spiro atoms. The molecule has 1 rings (SSSR count). The van der Waals surface area contributed by atoms with E-state index in [1.54, 1.807) is 0 Å². The van der Waals surface area contributed by atoms with E-state index in [0.717, 1.165) is 13.6 Å². The van der Waals surface area contributed by atoms with Gasteiger partial charge in [-0.3, -0.25) is 4.79 Å². The smallest absolute Gasteiger partial charge is 0.161 e. The second-order valence-corrected chi connectivity index (χ2v) is 5.29. The van der Waals surface area contributed by atoms with Crippen molar-refractivity contribution in [1.29, 1.82) is 0 Å². The van der Waals surface area contributed by atoms with Crippen LogP contribution in [0.3, 0.4) is 0 Å². The van der Waals surface area contributed by atoms with E-state index in [1.807, 2.05) is 6.08 Å². The van der Waals surface area contributed by atoms with Gasteiger partial charge in [-0.15, -0.1) is 0 Å². The Balaban J connectivity index is 2.59. The van der Waals surface area contributed by atoms with Crippen LogP contribution in [0.2, 0.25) is 0 Å². The number of carbonyl (C=O) groups excluding carboxylic acids is 1. The first-order valence-electron chi connectivity index (χ1n) is 3.80. The molecule has 0 aliphatic carbocycles. The molecule has 0 amide bonds. The van der Waals surface area contributed by atoms with Gasteiger partial charge in [-0.05, 0) is 44.9 Å². The Morgan fingerprint density at radius 2 is 2.21 bits per heavy atom. The predicted octanol–water partition coefficient (Wildman–Crippen LogP) is 2.76. The van der Waals surface area contributed by atoms with Crippen molar-refractivity contribution in [3.8, 4) is 0 Å². The number of rotatable bonds is 3. The lowest BCUT2D eigenvalue weighted by molar-refractivity contribution is -0.122. The summed E-state index contributed by atoms with van der Waals surface area (Å²) in [5, 5.41) is 3.03. The molecule has 78 valence electrons. The third-order valence-electron chi connectivity index (χ3n) is 1.44. The summed E-state index contributed by atoms with van der Waals surface area (Å²) in [7, 11) is 0. The molecule has 6 heteroatoms. The molecule has 1 heterocycles. The van der Waals surface area contributed by atoms with Crippen molar-refractivity contribution in [2.75, 3.05) is 6.61 Å². The number of hydrogen-bond donors (Lipinski definition) is 1. The van der Waals surface area contributed by atoms with Crippen molar-refractivity contribution in [2.45, 2.75) is 13.2 Å². The van der Waals surface area contributed by atoms with E-state index in [4.69, 9.17) is 4.74 Å². The molecule has 0 radical (unpaired) electrons. The van der Waals surface area contributed by atoms with E-state index in [-0.39, 0.29) is 18.6 Å². The van der Waals surface area contributed by atoms with Crippen LogP contribution in [-0.2, 0) is 9.53 Å². The first-order valence-corrected chi connectivity index (χ1v) is 6.18. The van der Waals surface area contributed by atoms with Crippen LogP contribution in [0.5, 0.6) is 0 Å². The van der Waals surface area contributed by atoms with Crippen molar-refractivity contribution in [3.05, 3.63) is 19.6 Å². The summed E-state index contributed by atoms with van der Waals surface area (Å²) in [5.41, 5.74) is 0. The van der Waals surface area contributed by atoms with Crippen LogP contribution in [0.25, 0.3) is 0 Å². The number of allylic oxidation sites excluding steroid dienone is 2. The van der Waals surface area contributed by atoms with Gasteiger partial charge in [0.15, 0.2) is 12.0 Å². The maximum Gasteiger partial charge on any atom is 0.161 e. The number of ketones is 1. The van der Waals surface area contributed by atoms with Gasteiger partial charge in [-0.2, -0.15) is 0 Å². The lowest BCUT2D eigenvalue weighted by atomic mass is 10.3. The second-order valence-electron chi connectivity index (χ2n) is 2.73. The lowest BCUT2D eigenvalue weighted by Crippen LogP contribution is -2.33. The highest BCUT2D eigenvalue weighted by Gasteiger charge is 2.19. The fourth-order valence-corrected chi connectivity index (χ4v) is 2.30. The zero-order valence-electron chi connectivity index (χ0n) is 7.31. The van der Waals surface area contributed by atoms with Crippen molar-refractivity contribution >= 4 is 53.6 Å². The fraction of sp³-hybridized carbons (Fsp3) is 0.375. The summed E-state index contributed by atoms with van der Waals surface area (Å²) in [6.07, 6.45) is 1.56. The molecule has 1 aliphatic rings. The van der Waals surface area contributed by atoms with E-state index in [0.29, 0.717) is 0 Å². The molecule has 14 heavy (non-hydrogen) atoms. The van der Waals surface area contributed by atoms with Gasteiger partial charge < -0.3 is 10.1 Å². The molecule has 0 aromatic heterocycles. The topological polar surface area (TPSA) is 38.3 Å². The Labute approximate surface area is 107 Å². The molecule has 0 aromatic carbocycles. The number of Topliss-reactive ketones (excluding diaryl/α,β-unsaturated/α-hetero) is 1. The number of ether oxygens (including phenoxy) is 1. The first-order chi connectivity index (χ1) is 6.50. The maximum absolute atomic E-state index is 10.7. The quantitative estimate of drug-likeness (QED) is 0.754. The summed E-state index contributed by atoms with van der Waals surface area (Å²) in [6.45, 7) is 1.58. The van der Waals surface area contributed by atoms with Gasteiger partial charge in [0.05, 0.1) is 4.61 Å². The molecule has 0 bridgehead atoms. The van der Waals surface area contributed by atoms with Gasteiger partial charge in [-0.1, -0.05) is 15.9 Å². The fourth-order valence-electron chi connectivity index (χ4n) is 0.835. The van der Waals surface area contributed by atoms with Crippen LogP contribution in [0.15, 0.2) is 19.6 Å². The van der Waals surface area contributed by atoms with E-state index in [1.165, 1.54) is 6.92 Å². The molecule has 1 N–H and O–H groups in total. The zero-order chi connectivity index (χ0) is 10.7. The van der Waals surface area contributed by atoms with Crippen LogP contribution in [-0.4, -0.2) is 18.6 Å². The van der Waals surface area contributed by atoms with Crippen LogP contribution in [0.1, 0.15) is 6.92 Å². The van der Waals surface area contributed by atoms with Crippen LogP contribution < -0.4 is 5.32 Å². The first kappa shape index (κ1) is 12.4. The van der Waals surface area contributed by atoms with Gasteiger partial charge in [0.2, 0.25) is 0 Å². The standard InChI is InChI=1S/C8H8Br3NO2/c1-4(13)3-14-8-6(10)2-5(9)7(11)12-8/h2,8,12H,3H2,1H3. The van der Waals surface area contributed by atoms with Gasteiger partial charge in [0, 0.05) is 8.96 Å². The highest BCUT2D eigenvalue weighted by atomic mass is 79.9. The Kier molecular flexibility index (Phi) is 4.82. The Morgan fingerprint density at radius 1 is 1.57 bits per heavy atom. The van der Waals surface area contributed by atoms with Crippen LogP contribution in [0.4, 0.5) is 0 Å². The van der Waals surface area contributed by atoms with Gasteiger partial charge >= 0.3 is 0 Å². The third-order valence-corrected chi connectivity index (χ3v) is 3.89. The number of carbonyl (C=O) groups is 1. The average molecular weight is 390 g/mol. The largest absolute Gasteiger partial charge is 0.349 e. The number of hydrogen-bond acceptors (Lipinski definition) is 3. The minimum atomic E-state index is -0.311. The van der Waals surface area contributed by atoms with Crippen molar-refractivity contribution in [2.24, 2.45) is 0 Å². The molecule has 0 saturated carbocycles. The highest BCUT2D eigenvalue weighted by Crippen LogP contribution is 2.28. The van der Waals surface area contributed by atoms with Crippen molar-refractivity contribution in [3.63, 3.8) is 0 Å². The second kappa shape index (κ2) is 5.44. The number of dihydropyridines is 1.